The molecule has 2 aliphatic rings. The molecule has 188 valence electrons. The summed E-state index contributed by atoms with van der Waals surface area (Å²) < 4.78 is 0. The average Bonchev–Trinajstić information content (AvgIpc) is 2.69. The van der Waals surface area contributed by atoms with Crippen molar-refractivity contribution < 1.29 is 0 Å². The van der Waals surface area contributed by atoms with Crippen molar-refractivity contribution in [3.05, 3.63) is 0 Å². The quantitative estimate of drug-likeness (QED) is 0.422. The van der Waals surface area contributed by atoms with Gasteiger partial charge in [0.05, 0.1) is 0 Å². The van der Waals surface area contributed by atoms with Gasteiger partial charge < -0.3 is 4.90 Å². The van der Waals surface area contributed by atoms with Gasteiger partial charge in [-0.05, 0) is 90.3 Å². The molecule has 2 rings (SSSR count). The maximum Gasteiger partial charge on any atom is 0.0205 e. The number of rotatable bonds is 7. The minimum atomic E-state index is 0. The van der Waals surface area contributed by atoms with Crippen molar-refractivity contribution in [3.8, 4) is 0 Å². The molecule has 2 saturated heterocycles. The fourth-order valence-electron chi connectivity index (χ4n) is 5.89. The van der Waals surface area contributed by atoms with Crippen molar-refractivity contribution >= 4 is 0 Å². The van der Waals surface area contributed by atoms with Gasteiger partial charge >= 0.3 is 0 Å². The van der Waals surface area contributed by atoms with Crippen molar-refractivity contribution in [2.24, 2.45) is 16.7 Å². The molecule has 2 heterocycles. The van der Waals surface area contributed by atoms with Crippen LogP contribution in [0.2, 0.25) is 0 Å². The second kappa shape index (κ2) is 11.8. The van der Waals surface area contributed by atoms with E-state index in [1.807, 2.05) is 13.8 Å². The summed E-state index contributed by atoms with van der Waals surface area (Å²) in [5.41, 5.74) is 1.31. The van der Waals surface area contributed by atoms with E-state index in [0.717, 1.165) is 5.92 Å². The molecule has 0 unspecified atom stereocenters. The van der Waals surface area contributed by atoms with Crippen LogP contribution in [0, 0.1) is 16.7 Å². The first kappa shape index (κ1) is 30.9. The number of nitrogens with zero attached hydrogens (tertiary/aromatic N) is 3. The number of piperidine rings is 1. The molecule has 3 heteroatoms. The predicted octanol–water partition coefficient (Wildman–Crippen LogP) is 7.02. The number of hydrogen-bond donors (Lipinski definition) is 0. The maximum absolute atomic E-state index is 2.79. The van der Waals surface area contributed by atoms with Crippen LogP contribution in [0.15, 0.2) is 0 Å². The molecule has 0 aromatic rings. The summed E-state index contributed by atoms with van der Waals surface area (Å²) in [7, 11) is 2.27. The van der Waals surface area contributed by atoms with E-state index in [-0.39, 0.29) is 18.5 Å². The lowest BCUT2D eigenvalue weighted by Gasteiger charge is -2.55. The van der Waals surface area contributed by atoms with E-state index in [0.29, 0.717) is 10.8 Å². The van der Waals surface area contributed by atoms with Crippen LogP contribution in [0.1, 0.15) is 109 Å². The Labute approximate surface area is 198 Å². The molecule has 0 aromatic carbocycles. The third-order valence-corrected chi connectivity index (χ3v) is 9.18. The first-order valence-electron chi connectivity index (χ1n) is 12.9. The first-order chi connectivity index (χ1) is 13.7. The van der Waals surface area contributed by atoms with Crippen LogP contribution >= 0.6 is 0 Å². The highest BCUT2D eigenvalue weighted by Crippen LogP contribution is 2.43. The summed E-state index contributed by atoms with van der Waals surface area (Å²) in [6.07, 6.45) is 5.27. The monoisotopic (exact) mass is 439 g/mol. The average molecular weight is 440 g/mol. The van der Waals surface area contributed by atoms with E-state index in [9.17, 15) is 0 Å². The molecule has 0 saturated carbocycles. The van der Waals surface area contributed by atoms with E-state index < -0.39 is 0 Å². The molecule has 0 spiro atoms. The lowest BCUT2D eigenvalue weighted by Crippen LogP contribution is -2.63. The van der Waals surface area contributed by atoms with Crippen LogP contribution in [0.25, 0.3) is 0 Å². The SMILES string of the molecule is C.CC.CCC(C)(C)C(C)(C)N1CCN(C(C)(C)CC(C)(C)C2CCN(C)CC2)CC1. The number of hydrogen-bond acceptors (Lipinski definition) is 3. The maximum atomic E-state index is 2.79. The zero-order valence-electron chi connectivity index (χ0n) is 23.0. The van der Waals surface area contributed by atoms with E-state index >= 15 is 0 Å². The van der Waals surface area contributed by atoms with Crippen LogP contribution in [0.4, 0.5) is 0 Å². The van der Waals surface area contributed by atoms with E-state index in [4.69, 9.17) is 0 Å². The Morgan fingerprint density at radius 3 is 1.55 bits per heavy atom. The van der Waals surface area contributed by atoms with Crippen LogP contribution in [-0.2, 0) is 0 Å². The highest BCUT2D eigenvalue weighted by atomic mass is 15.3. The summed E-state index contributed by atoms with van der Waals surface area (Å²) in [5.74, 6) is 0.869. The molecule has 2 fully saturated rings. The minimum absolute atomic E-state index is 0. The molecule has 0 bridgehead atoms. The Balaban J connectivity index is 0.00000291. The second-order valence-corrected chi connectivity index (χ2v) is 12.3. The summed E-state index contributed by atoms with van der Waals surface area (Å²) in [5, 5.41) is 0. The first-order valence-corrected chi connectivity index (χ1v) is 12.9. The van der Waals surface area contributed by atoms with Gasteiger partial charge in [-0.25, -0.2) is 0 Å². The highest BCUT2D eigenvalue weighted by molar-refractivity contribution is 4.99. The topological polar surface area (TPSA) is 9.72 Å². The van der Waals surface area contributed by atoms with Crippen molar-refractivity contribution in [3.63, 3.8) is 0 Å². The third kappa shape index (κ3) is 7.44. The molecule has 3 nitrogen and oxygen atoms in total. The Morgan fingerprint density at radius 1 is 0.710 bits per heavy atom. The van der Waals surface area contributed by atoms with Crippen LogP contribution < -0.4 is 0 Å². The number of likely N-dealkylation sites (tertiary alicyclic amines) is 1. The van der Waals surface area contributed by atoms with E-state index in [2.05, 4.69) is 84.1 Å². The summed E-state index contributed by atoms with van der Waals surface area (Å²) in [6, 6.07) is 0. The second-order valence-electron chi connectivity index (χ2n) is 12.3. The zero-order valence-corrected chi connectivity index (χ0v) is 23.0. The molecular weight excluding hydrogens is 378 g/mol. The molecule has 0 atom stereocenters. The zero-order chi connectivity index (χ0) is 23.4. The summed E-state index contributed by atoms with van der Waals surface area (Å²) in [4.78, 5) is 8.04. The van der Waals surface area contributed by atoms with Gasteiger partial charge in [0.2, 0.25) is 0 Å². The highest BCUT2D eigenvalue weighted by Gasteiger charge is 2.44. The summed E-state index contributed by atoms with van der Waals surface area (Å²) in [6.45, 7) is 33.6. The fourth-order valence-corrected chi connectivity index (χ4v) is 5.89. The molecule has 0 radical (unpaired) electrons. The van der Waals surface area contributed by atoms with Crippen molar-refractivity contribution in [2.75, 3.05) is 46.3 Å². The molecule has 0 aliphatic carbocycles. The van der Waals surface area contributed by atoms with Gasteiger partial charge in [-0.3, -0.25) is 9.80 Å². The molecule has 0 N–H and O–H groups in total. The van der Waals surface area contributed by atoms with Crippen LogP contribution in [0.3, 0.4) is 0 Å². The Kier molecular flexibility index (Phi) is 11.8. The van der Waals surface area contributed by atoms with Gasteiger partial charge in [0, 0.05) is 37.3 Å². The summed E-state index contributed by atoms with van der Waals surface area (Å²) >= 11 is 0. The van der Waals surface area contributed by atoms with Gasteiger partial charge in [0.1, 0.15) is 0 Å². The third-order valence-electron chi connectivity index (χ3n) is 9.18. The lowest BCUT2D eigenvalue weighted by molar-refractivity contribution is -0.0532. The smallest absolute Gasteiger partial charge is 0.0205 e. The van der Waals surface area contributed by atoms with Crippen molar-refractivity contribution in [1.82, 2.24) is 14.7 Å². The Morgan fingerprint density at radius 2 is 1.13 bits per heavy atom. The Hall–Kier alpha value is -0.120. The van der Waals surface area contributed by atoms with Crippen LogP contribution in [-0.4, -0.2) is 72.1 Å². The predicted molar refractivity (Wildman–Crippen MR) is 142 cm³/mol. The van der Waals surface area contributed by atoms with Crippen LogP contribution in [0.5, 0.6) is 0 Å². The molecule has 2 aliphatic heterocycles. The van der Waals surface area contributed by atoms with Gasteiger partial charge in [-0.2, -0.15) is 0 Å². The van der Waals surface area contributed by atoms with Gasteiger partial charge in [-0.1, -0.05) is 55.9 Å². The standard InChI is InChI=1S/C25H51N3.C2H6.CH4/c1-11-23(4,5)25(8,9)28-18-16-27(17-19-28)24(6,7)20-22(2,3)21-12-14-26(10)15-13-21;1-2;/h21H,11-20H2,1-10H3;1-2H3;1H4. The van der Waals surface area contributed by atoms with Gasteiger partial charge in [0.25, 0.3) is 0 Å². The van der Waals surface area contributed by atoms with Gasteiger partial charge in [-0.15, -0.1) is 0 Å². The molecular formula is C28H61N3. The lowest BCUT2D eigenvalue weighted by atomic mass is 9.67. The largest absolute Gasteiger partial charge is 0.306 e. The van der Waals surface area contributed by atoms with E-state index in [1.54, 1.807) is 0 Å². The van der Waals surface area contributed by atoms with E-state index in [1.165, 1.54) is 65.0 Å². The normalized spacial score (nSPS) is 21.3. The molecule has 31 heavy (non-hydrogen) atoms. The number of piperazine rings is 1. The molecule has 0 aromatic heterocycles. The fraction of sp³-hybridized carbons (Fsp3) is 1.00. The van der Waals surface area contributed by atoms with Crippen molar-refractivity contribution in [1.29, 1.82) is 0 Å². The Bertz CT molecular complexity index is 490. The minimum Gasteiger partial charge on any atom is -0.306 e. The van der Waals surface area contributed by atoms with Gasteiger partial charge in [0.15, 0.2) is 0 Å². The molecule has 0 amide bonds. The van der Waals surface area contributed by atoms with Crippen molar-refractivity contribution in [2.45, 2.75) is 120 Å².